The van der Waals surface area contributed by atoms with E-state index in [1.807, 2.05) is 48.5 Å². The van der Waals surface area contributed by atoms with Crippen LogP contribution < -0.4 is 0 Å². The minimum Gasteiger partial charge on any atom is -0.456 e. The molecule has 268 valence electrons. The molecule has 0 radical (unpaired) electrons. The van der Waals surface area contributed by atoms with Crippen LogP contribution in [0.2, 0.25) is 0 Å². The molecule has 3 heterocycles. The Kier molecular flexibility index (Phi) is 6.38. The zero-order valence-corrected chi connectivity index (χ0v) is 31.0. The zero-order chi connectivity index (χ0) is 37.9. The van der Waals surface area contributed by atoms with Gasteiger partial charge in [-0.3, -0.25) is 0 Å². The molecule has 9 aromatic carbocycles. The molecule has 58 heavy (non-hydrogen) atoms. The fourth-order valence-electron chi connectivity index (χ4n) is 9.47. The van der Waals surface area contributed by atoms with Gasteiger partial charge in [0.05, 0.1) is 16.7 Å². The Morgan fingerprint density at radius 2 is 0.931 bits per heavy atom. The van der Waals surface area contributed by atoms with Crippen LogP contribution in [0.15, 0.2) is 186 Å². The summed E-state index contributed by atoms with van der Waals surface area (Å²) in [5, 5.41) is 9.27. The van der Waals surface area contributed by atoms with Crippen molar-refractivity contribution >= 4 is 65.3 Å². The number of para-hydroxylation sites is 1. The number of benzene rings is 9. The van der Waals surface area contributed by atoms with E-state index in [9.17, 15) is 0 Å². The third kappa shape index (κ3) is 4.38. The van der Waals surface area contributed by atoms with Crippen LogP contribution in [0.3, 0.4) is 0 Å². The zero-order valence-electron chi connectivity index (χ0n) is 31.0. The van der Waals surface area contributed by atoms with Crippen molar-refractivity contribution in [3.8, 4) is 62.1 Å². The van der Waals surface area contributed by atoms with Gasteiger partial charge in [-0.15, -0.1) is 0 Å². The van der Waals surface area contributed by atoms with Crippen molar-refractivity contribution in [2.75, 3.05) is 0 Å². The van der Waals surface area contributed by atoms with Gasteiger partial charge in [0.25, 0.3) is 0 Å². The molecule has 3 aromatic heterocycles. The van der Waals surface area contributed by atoms with Gasteiger partial charge in [0.2, 0.25) is 0 Å². The molecule has 0 unspecified atom stereocenters. The Labute approximate surface area is 332 Å². The van der Waals surface area contributed by atoms with Crippen LogP contribution in [0.4, 0.5) is 0 Å². The molecular formula is C53H30N4O. The third-order valence-corrected chi connectivity index (χ3v) is 12.0. The predicted octanol–water partition coefficient (Wildman–Crippen LogP) is 13.8. The van der Waals surface area contributed by atoms with E-state index in [1.165, 1.54) is 43.8 Å². The lowest BCUT2D eigenvalue weighted by molar-refractivity contribution is 0.669. The molecule has 0 aliphatic heterocycles. The van der Waals surface area contributed by atoms with Gasteiger partial charge in [-0.05, 0) is 80.2 Å². The molecule has 0 spiro atoms. The van der Waals surface area contributed by atoms with E-state index in [-0.39, 0.29) is 0 Å². The van der Waals surface area contributed by atoms with Gasteiger partial charge >= 0.3 is 0 Å². The van der Waals surface area contributed by atoms with E-state index >= 15 is 0 Å². The first-order valence-electron chi connectivity index (χ1n) is 19.6. The average molecular weight is 739 g/mol. The van der Waals surface area contributed by atoms with E-state index in [2.05, 4.69) is 138 Å². The summed E-state index contributed by atoms with van der Waals surface area (Å²) in [6, 6.07) is 64.4. The summed E-state index contributed by atoms with van der Waals surface area (Å²) >= 11 is 0. The van der Waals surface area contributed by atoms with Crippen molar-refractivity contribution in [1.29, 1.82) is 0 Å². The molecule has 5 heteroatoms. The molecular weight excluding hydrogens is 709 g/mol. The van der Waals surface area contributed by atoms with E-state index in [0.29, 0.717) is 17.5 Å². The van der Waals surface area contributed by atoms with Crippen molar-refractivity contribution in [3.05, 3.63) is 182 Å². The van der Waals surface area contributed by atoms with Crippen molar-refractivity contribution < 1.29 is 4.42 Å². The summed E-state index contributed by atoms with van der Waals surface area (Å²) in [6.45, 7) is 0. The Morgan fingerprint density at radius 3 is 1.78 bits per heavy atom. The van der Waals surface area contributed by atoms with Crippen LogP contribution in [0.1, 0.15) is 0 Å². The molecule has 1 aliphatic rings. The second-order valence-corrected chi connectivity index (χ2v) is 15.1. The summed E-state index contributed by atoms with van der Waals surface area (Å²) in [5.41, 5.74) is 12.6. The third-order valence-electron chi connectivity index (χ3n) is 12.0. The van der Waals surface area contributed by atoms with E-state index in [4.69, 9.17) is 19.4 Å². The number of rotatable bonds is 4. The largest absolute Gasteiger partial charge is 0.456 e. The minimum absolute atomic E-state index is 0.589. The molecule has 0 N–H and O–H groups in total. The number of hydrogen-bond donors (Lipinski definition) is 0. The molecule has 0 atom stereocenters. The SMILES string of the molecule is c1ccc(-c2nc(-c3cc4ccccc4cc3-n3c4cccc5c4c4c6c(cccc6ccc43)-c3ccccc3-5)nc(-c3cccc4oc5ccccc5c34)n2)cc1. The van der Waals surface area contributed by atoms with Crippen LogP contribution in [0.5, 0.6) is 0 Å². The first kappa shape index (κ1) is 31.3. The summed E-state index contributed by atoms with van der Waals surface area (Å²) in [5.74, 6) is 1.79. The van der Waals surface area contributed by atoms with Gasteiger partial charge < -0.3 is 8.98 Å². The standard InChI is InChI=1S/C53H30N4O/c1-2-13-32(14-3-1)51-54-52(40-23-12-26-46-48(40)39-20-8-9-25-45(39)58-46)56-53(55-51)41-29-33-15-4-5-16-34(33)30-44(41)57-42-24-11-22-38-36-19-7-6-18-35(36)37-21-10-17-31-27-28-43(57)50(47(31)37)49(38)42/h1-30H. The molecule has 0 saturated carbocycles. The Balaban J connectivity index is 1.16. The topological polar surface area (TPSA) is 56.7 Å². The second-order valence-electron chi connectivity index (χ2n) is 15.1. The molecule has 0 amide bonds. The highest BCUT2D eigenvalue weighted by Gasteiger charge is 2.27. The minimum atomic E-state index is 0.589. The average Bonchev–Trinajstić information content (AvgIpc) is 3.81. The summed E-state index contributed by atoms with van der Waals surface area (Å²) in [6.07, 6.45) is 0. The Bertz CT molecular complexity index is 3690. The van der Waals surface area contributed by atoms with Crippen LogP contribution in [-0.4, -0.2) is 19.5 Å². The monoisotopic (exact) mass is 738 g/mol. The second kappa shape index (κ2) is 11.8. The summed E-state index contributed by atoms with van der Waals surface area (Å²) < 4.78 is 8.78. The Morgan fingerprint density at radius 1 is 0.345 bits per heavy atom. The molecule has 0 fully saturated rings. The lowest BCUT2D eigenvalue weighted by atomic mass is 9.93. The van der Waals surface area contributed by atoms with Gasteiger partial charge in [-0.2, -0.15) is 0 Å². The number of furan rings is 1. The molecule has 1 aliphatic carbocycles. The van der Waals surface area contributed by atoms with Gasteiger partial charge in [-0.1, -0.05) is 146 Å². The summed E-state index contributed by atoms with van der Waals surface area (Å²) in [7, 11) is 0. The number of aromatic nitrogens is 4. The van der Waals surface area contributed by atoms with E-state index < -0.39 is 0 Å². The maximum atomic E-state index is 6.34. The molecule has 0 bridgehead atoms. The quantitative estimate of drug-likeness (QED) is 0.180. The van der Waals surface area contributed by atoms with E-state index in [0.717, 1.165) is 66.1 Å². The highest BCUT2D eigenvalue weighted by Crippen LogP contribution is 2.50. The molecule has 0 saturated heterocycles. The molecule has 5 nitrogen and oxygen atoms in total. The smallest absolute Gasteiger partial charge is 0.166 e. The lowest BCUT2D eigenvalue weighted by Gasteiger charge is -2.17. The maximum Gasteiger partial charge on any atom is 0.166 e. The van der Waals surface area contributed by atoms with Crippen LogP contribution in [-0.2, 0) is 0 Å². The maximum absolute atomic E-state index is 6.34. The lowest BCUT2D eigenvalue weighted by Crippen LogP contribution is -2.04. The van der Waals surface area contributed by atoms with E-state index in [1.54, 1.807) is 0 Å². The van der Waals surface area contributed by atoms with Gasteiger partial charge in [0, 0.05) is 38.2 Å². The normalized spacial score (nSPS) is 12.1. The Hall–Kier alpha value is -7.89. The fourth-order valence-corrected chi connectivity index (χ4v) is 9.47. The van der Waals surface area contributed by atoms with Crippen molar-refractivity contribution in [3.63, 3.8) is 0 Å². The van der Waals surface area contributed by atoms with Crippen LogP contribution in [0.25, 0.3) is 127 Å². The highest BCUT2D eigenvalue weighted by molar-refractivity contribution is 6.30. The number of hydrogen-bond acceptors (Lipinski definition) is 4. The first-order valence-corrected chi connectivity index (χ1v) is 19.6. The van der Waals surface area contributed by atoms with Crippen molar-refractivity contribution in [2.24, 2.45) is 0 Å². The molecule has 13 rings (SSSR count). The van der Waals surface area contributed by atoms with Crippen LogP contribution in [0, 0.1) is 0 Å². The van der Waals surface area contributed by atoms with Crippen molar-refractivity contribution in [2.45, 2.75) is 0 Å². The van der Waals surface area contributed by atoms with Crippen molar-refractivity contribution in [1.82, 2.24) is 19.5 Å². The van der Waals surface area contributed by atoms with Gasteiger partial charge in [-0.25, -0.2) is 15.0 Å². The highest BCUT2D eigenvalue weighted by atomic mass is 16.3. The van der Waals surface area contributed by atoms with Gasteiger partial charge in [0.1, 0.15) is 11.2 Å². The summed E-state index contributed by atoms with van der Waals surface area (Å²) in [4.78, 5) is 16.0. The predicted molar refractivity (Wildman–Crippen MR) is 237 cm³/mol. The van der Waals surface area contributed by atoms with Gasteiger partial charge in [0.15, 0.2) is 17.5 Å². The fraction of sp³-hybridized carbons (Fsp3) is 0. The number of nitrogens with zero attached hydrogens (tertiary/aromatic N) is 4. The van der Waals surface area contributed by atoms with Crippen LogP contribution >= 0.6 is 0 Å². The first-order chi connectivity index (χ1) is 28.8. The molecule has 12 aromatic rings. The number of fused-ring (bicyclic) bond motifs is 7.